The van der Waals surface area contributed by atoms with E-state index in [4.69, 9.17) is 15.9 Å². The summed E-state index contributed by atoms with van der Waals surface area (Å²) in [6, 6.07) is 22.3. The highest BCUT2D eigenvalue weighted by Crippen LogP contribution is 2.32. The van der Waals surface area contributed by atoms with E-state index >= 15 is 0 Å². The molecule has 1 amide bonds. The Morgan fingerprint density at radius 1 is 1.10 bits per heavy atom. The molecule has 1 N–H and O–H groups in total. The maximum atomic E-state index is 11.5. The van der Waals surface area contributed by atoms with Crippen molar-refractivity contribution in [2.24, 2.45) is 0 Å². The zero-order valence-corrected chi connectivity index (χ0v) is 17.2. The van der Waals surface area contributed by atoms with Gasteiger partial charge < -0.3 is 19.5 Å². The lowest BCUT2D eigenvalue weighted by molar-refractivity contribution is -0.0199. The molecule has 0 aromatic heterocycles. The topological polar surface area (TPSA) is 59.0 Å². The first-order chi connectivity index (χ1) is 15.1. The number of benzene rings is 3. The van der Waals surface area contributed by atoms with Gasteiger partial charge in [-0.2, -0.15) is 0 Å². The SMILES string of the molecule is C#CCOc1ccc(C2CCN(C(=O)O)CC2OCc2ccc3ccccc3c2)cc1. The number of ether oxygens (including phenoxy) is 2. The van der Waals surface area contributed by atoms with Crippen molar-refractivity contribution in [1.82, 2.24) is 4.90 Å². The second-order valence-electron chi connectivity index (χ2n) is 7.72. The first-order valence-electron chi connectivity index (χ1n) is 10.4. The Morgan fingerprint density at radius 3 is 2.61 bits per heavy atom. The highest BCUT2D eigenvalue weighted by Gasteiger charge is 2.33. The third-order valence-electron chi connectivity index (χ3n) is 5.74. The van der Waals surface area contributed by atoms with Crippen LogP contribution < -0.4 is 4.74 Å². The van der Waals surface area contributed by atoms with Crippen molar-refractivity contribution in [1.29, 1.82) is 0 Å². The number of carboxylic acid groups (broad SMARTS) is 1. The molecular weight excluding hydrogens is 390 g/mol. The van der Waals surface area contributed by atoms with Crippen molar-refractivity contribution in [2.45, 2.75) is 25.0 Å². The molecule has 0 aliphatic carbocycles. The number of hydrogen-bond donors (Lipinski definition) is 1. The zero-order chi connectivity index (χ0) is 21.6. The number of carbonyl (C=O) groups is 1. The van der Waals surface area contributed by atoms with Gasteiger partial charge in [0.1, 0.15) is 12.4 Å². The summed E-state index contributed by atoms with van der Waals surface area (Å²) >= 11 is 0. The molecule has 5 nitrogen and oxygen atoms in total. The quantitative estimate of drug-likeness (QED) is 0.582. The summed E-state index contributed by atoms with van der Waals surface area (Å²) < 4.78 is 11.8. The first-order valence-corrected chi connectivity index (χ1v) is 10.4. The Kier molecular flexibility index (Phi) is 6.40. The molecule has 1 aliphatic rings. The molecule has 4 rings (SSSR count). The summed E-state index contributed by atoms with van der Waals surface area (Å²) in [5, 5.41) is 11.8. The van der Waals surface area contributed by atoms with Gasteiger partial charge in [-0.1, -0.05) is 54.5 Å². The van der Waals surface area contributed by atoms with E-state index in [9.17, 15) is 9.90 Å². The Bertz CT molecular complexity index is 1090. The van der Waals surface area contributed by atoms with Crippen molar-refractivity contribution < 1.29 is 19.4 Å². The van der Waals surface area contributed by atoms with Gasteiger partial charge in [-0.05, 0) is 46.5 Å². The number of piperidine rings is 1. The summed E-state index contributed by atoms with van der Waals surface area (Å²) in [4.78, 5) is 13.0. The molecule has 2 unspecified atom stereocenters. The normalized spacial score (nSPS) is 18.5. The van der Waals surface area contributed by atoms with E-state index in [1.807, 2.05) is 36.4 Å². The van der Waals surface area contributed by atoms with Crippen molar-refractivity contribution in [2.75, 3.05) is 19.7 Å². The Morgan fingerprint density at radius 2 is 1.87 bits per heavy atom. The second kappa shape index (κ2) is 9.55. The standard InChI is InChI=1S/C26H25NO4/c1-2-15-30-23-11-9-21(10-12-23)24-13-14-27(26(28)29)17-25(24)31-18-19-7-8-20-5-3-4-6-22(20)16-19/h1,3-12,16,24-25H,13-15,17-18H2,(H,28,29). The average molecular weight is 415 g/mol. The summed E-state index contributed by atoms with van der Waals surface area (Å²) in [5.74, 6) is 3.29. The summed E-state index contributed by atoms with van der Waals surface area (Å²) in [5.41, 5.74) is 2.18. The van der Waals surface area contributed by atoms with Crippen LogP contribution in [0.1, 0.15) is 23.5 Å². The highest BCUT2D eigenvalue weighted by molar-refractivity contribution is 5.82. The van der Waals surface area contributed by atoms with E-state index in [0.29, 0.717) is 26.1 Å². The third kappa shape index (κ3) is 4.99. The zero-order valence-electron chi connectivity index (χ0n) is 17.2. The van der Waals surface area contributed by atoms with Gasteiger partial charge in [-0.15, -0.1) is 6.42 Å². The van der Waals surface area contributed by atoms with Crippen molar-refractivity contribution in [3.63, 3.8) is 0 Å². The van der Waals surface area contributed by atoms with Gasteiger partial charge >= 0.3 is 6.09 Å². The van der Waals surface area contributed by atoms with E-state index in [2.05, 4.69) is 36.3 Å². The smallest absolute Gasteiger partial charge is 0.407 e. The van der Waals surface area contributed by atoms with Gasteiger partial charge in [0.05, 0.1) is 19.3 Å². The molecule has 3 aromatic rings. The first kappa shape index (κ1) is 20.8. The molecule has 1 saturated heterocycles. The van der Waals surface area contributed by atoms with E-state index in [0.717, 1.165) is 16.9 Å². The van der Waals surface area contributed by atoms with E-state index in [1.54, 1.807) is 0 Å². The van der Waals surface area contributed by atoms with Gasteiger partial charge in [0, 0.05) is 12.5 Å². The van der Waals surface area contributed by atoms with Crippen LogP contribution in [0.2, 0.25) is 0 Å². The fraction of sp³-hybridized carbons (Fsp3) is 0.269. The molecular formula is C26H25NO4. The molecule has 0 radical (unpaired) electrons. The van der Waals surface area contributed by atoms with Crippen LogP contribution >= 0.6 is 0 Å². The molecule has 1 aliphatic heterocycles. The van der Waals surface area contributed by atoms with Crippen LogP contribution in [0.3, 0.4) is 0 Å². The maximum Gasteiger partial charge on any atom is 0.407 e. The molecule has 0 bridgehead atoms. The minimum absolute atomic E-state index is 0.109. The van der Waals surface area contributed by atoms with Gasteiger partial charge in [0.25, 0.3) is 0 Å². The Balaban J connectivity index is 1.50. The summed E-state index contributed by atoms with van der Waals surface area (Å²) in [6.45, 7) is 1.50. The number of amides is 1. The lowest BCUT2D eigenvalue weighted by Crippen LogP contribution is -2.46. The molecule has 158 valence electrons. The number of terminal acetylenes is 1. The van der Waals surface area contributed by atoms with Crippen molar-refractivity contribution >= 4 is 16.9 Å². The Labute approximate surface area is 182 Å². The predicted octanol–water partition coefficient (Wildman–Crippen LogP) is 4.90. The third-order valence-corrected chi connectivity index (χ3v) is 5.74. The largest absolute Gasteiger partial charge is 0.481 e. The number of likely N-dealkylation sites (tertiary alicyclic amines) is 1. The molecule has 2 atom stereocenters. The molecule has 5 heteroatoms. The van der Waals surface area contributed by atoms with Gasteiger partial charge in [0.15, 0.2) is 0 Å². The second-order valence-corrected chi connectivity index (χ2v) is 7.72. The number of hydrogen-bond acceptors (Lipinski definition) is 3. The van der Waals surface area contributed by atoms with Crippen LogP contribution in [0.15, 0.2) is 66.7 Å². The van der Waals surface area contributed by atoms with Gasteiger partial charge in [-0.3, -0.25) is 0 Å². The number of nitrogens with zero attached hydrogens (tertiary/aromatic N) is 1. The maximum absolute atomic E-state index is 11.5. The van der Waals surface area contributed by atoms with Crippen LogP contribution in [-0.2, 0) is 11.3 Å². The van der Waals surface area contributed by atoms with Gasteiger partial charge in [-0.25, -0.2) is 4.79 Å². The van der Waals surface area contributed by atoms with Crippen LogP contribution in [0, 0.1) is 12.3 Å². The Hall–Kier alpha value is -3.49. The molecule has 1 heterocycles. The number of fused-ring (bicyclic) bond motifs is 1. The molecule has 1 fully saturated rings. The fourth-order valence-corrected chi connectivity index (χ4v) is 4.11. The molecule has 31 heavy (non-hydrogen) atoms. The van der Waals surface area contributed by atoms with Crippen LogP contribution in [0.25, 0.3) is 10.8 Å². The van der Waals surface area contributed by atoms with Crippen LogP contribution in [0.4, 0.5) is 4.79 Å². The van der Waals surface area contributed by atoms with E-state index < -0.39 is 6.09 Å². The predicted molar refractivity (Wildman–Crippen MR) is 120 cm³/mol. The summed E-state index contributed by atoms with van der Waals surface area (Å²) in [7, 11) is 0. The minimum Gasteiger partial charge on any atom is -0.481 e. The molecule has 0 spiro atoms. The fourth-order valence-electron chi connectivity index (χ4n) is 4.11. The molecule has 0 saturated carbocycles. The monoisotopic (exact) mass is 415 g/mol. The molecule has 3 aromatic carbocycles. The lowest BCUT2D eigenvalue weighted by Gasteiger charge is -2.37. The number of rotatable bonds is 6. The van der Waals surface area contributed by atoms with Crippen LogP contribution in [-0.4, -0.2) is 41.9 Å². The van der Waals surface area contributed by atoms with Crippen LogP contribution in [0.5, 0.6) is 5.75 Å². The highest BCUT2D eigenvalue weighted by atomic mass is 16.5. The van der Waals surface area contributed by atoms with Gasteiger partial charge in [0.2, 0.25) is 0 Å². The van der Waals surface area contributed by atoms with E-state index in [-0.39, 0.29) is 18.6 Å². The average Bonchev–Trinajstić information content (AvgIpc) is 2.81. The minimum atomic E-state index is -0.907. The van der Waals surface area contributed by atoms with E-state index in [1.165, 1.54) is 15.7 Å². The van der Waals surface area contributed by atoms with Crippen molar-refractivity contribution in [3.05, 3.63) is 77.9 Å². The summed E-state index contributed by atoms with van der Waals surface area (Å²) in [6.07, 6.45) is 4.82. The van der Waals surface area contributed by atoms with Crippen molar-refractivity contribution in [3.8, 4) is 18.1 Å². The lowest BCUT2D eigenvalue weighted by atomic mass is 9.87.